The molecule has 1 aliphatic carbocycles. The van der Waals surface area contributed by atoms with Crippen LogP contribution in [0.4, 0.5) is 4.79 Å². The molecule has 154 valence electrons. The molecule has 1 saturated carbocycles. The molecule has 2 atom stereocenters. The Morgan fingerprint density at radius 2 is 2.07 bits per heavy atom. The van der Waals surface area contributed by atoms with E-state index in [2.05, 4.69) is 12.2 Å². The van der Waals surface area contributed by atoms with Crippen molar-refractivity contribution in [2.24, 2.45) is 5.92 Å². The number of nitrogens with one attached hydrogen (secondary N) is 1. The summed E-state index contributed by atoms with van der Waals surface area (Å²) >= 11 is 0. The van der Waals surface area contributed by atoms with E-state index in [4.69, 9.17) is 9.47 Å². The molecule has 2 aliphatic rings. The number of carbonyl (C=O) groups is 2. The minimum Gasteiger partial charge on any atom is -0.493 e. The van der Waals surface area contributed by atoms with Crippen LogP contribution in [0.3, 0.4) is 0 Å². The quantitative estimate of drug-likeness (QED) is 0.726. The van der Waals surface area contributed by atoms with Gasteiger partial charge >= 0.3 is 6.03 Å². The SMILES string of the molecule is CCOc1ccc(CN(C)CN2C(=O)N[C@@]3(CCCC[C@@H]3C)C2=O)cc1OC. The number of amides is 3. The van der Waals surface area contributed by atoms with Crippen LogP contribution >= 0.6 is 0 Å². The first kappa shape index (κ1) is 20.5. The van der Waals surface area contributed by atoms with Crippen molar-refractivity contribution in [2.45, 2.75) is 51.6 Å². The van der Waals surface area contributed by atoms with E-state index in [0.717, 1.165) is 31.2 Å². The molecule has 0 aromatic heterocycles. The van der Waals surface area contributed by atoms with Gasteiger partial charge in [-0.25, -0.2) is 9.69 Å². The van der Waals surface area contributed by atoms with E-state index in [0.29, 0.717) is 24.7 Å². The molecule has 0 bridgehead atoms. The van der Waals surface area contributed by atoms with Crippen LogP contribution in [0, 0.1) is 5.92 Å². The molecule has 2 fully saturated rings. The first-order valence-corrected chi connectivity index (χ1v) is 10.0. The molecule has 1 N–H and O–H groups in total. The van der Waals surface area contributed by atoms with Gasteiger partial charge < -0.3 is 14.8 Å². The minimum atomic E-state index is -0.710. The fourth-order valence-corrected chi connectivity index (χ4v) is 4.31. The van der Waals surface area contributed by atoms with Crippen LogP contribution in [0.2, 0.25) is 0 Å². The van der Waals surface area contributed by atoms with Crippen molar-refractivity contribution in [3.05, 3.63) is 23.8 Å². The Labute approximate surface area is 167 Å². The molecule has 0 radical (unpaired) electrons. The van der Waals surface area contributed by atoms with Gasteiger partial charge in [-0.15, -0.1) is 0 Å². The van der Waals surface area contributed by atoms with E-state index in [1.807, 2.05) is 37.1 Å². The summed E-state index contributed by atoms with van der Waals surface area (Å²) in [4.78, 5) is 28.9. The number of urea groups is 1. The smallest absolute Gasteiger partial charge is 0.326 e. The predicted octanol–water partition coefficient (Wildman–Crippen LogP) is 2.98. The maximum absolute atomic E-state index is 13.1. The maximum atomic E-state index is 13.1. The van der Waals surface area contributed by atoms with Gasteiger partial charge in [0, 0.05) is 6.54 Å². The van der Waals surface area contributed by atoms with E-state index in [-0.39, 0.29) is 24.5 Å². The summed E-state index contributed by atoms with van der Waals surface area (Å²) in [5, 5.41) is 3.00. The molecule has 1 aliphatic heterocycles. The highest BCUT2D eigenvalue weighted by Crippen LogP contribution is 2.38. The van der Waals surface area contributed by atoms with Crippen molar-refractivity contribution in [1.29, 1.82) is 0 Å². The Hall–Kier alpha value is -2.28. The zero-order valence-corrected chi connectivity index (χ0v) is 17.3. The van der Waals surface area contributed by atoms with Gasteiger partial charge in [-0.05, 0) is 50.4 Å². The Bertz CT molecular complexity index is 738. The molecule has 1 aromatic rings. The monoisotopic (exact) mass is 389 g/mol. The second kappa shape index (κ2) is 8.39. The fourth-order valence-electron chi connectivity index (χ4n) is 4.31. The summed E-state index contributed by atoms with van der Waals surface area (Å²) in [5.74, 6) is 1.47. The summed E-state index contributed by atoms with van der Waals surface area (Å²) in [5.41, 5.74) is 0.314. The summed E-state index contributed by atoms with van der Waals surface area (Å²) in [6.07, 6.45) is 3.80. The third-order valence-corrected chi connectivity index (χ3v) is 5.86. The number of hydrogen-bond donors (Lipinski definition) is 1. The minimum absolute atomic E-state index is 0.0826. The molecule has 1 spiro atoms. The molecular formula is C21H31N3O4. The number of methoxy groups -OCH3 is 1. The van der Waals surface area contributed by atoms with Crippen LogP contribution in [0.1, 0.15) is 45.1 Å². The average Bonchev–Trinajstić information content (AvgIpc) is 2.90. The Kier molecular flexibility index (Phi) is 6.13. The molecule has 1 heterocycles. The van der Waals surface area contributed by atoms with Crippen molar-refractivity contribution < 1.29 is 19.1 Å². The lowest BCUT2D eigenvalue weighted by Gasteiger charge is -2.37. The number of imide groups is 1. The van der Waals surface area contributed by atoms with E-state index < -0.39 is 5.54 Å². The van der Waals surface area contributed by atoms with E-state index in [1.54, 1.807) is 7.11 Å². The van der Waals surface area contributed by atoms with E-state index in [1.165, 1.54) is 4.90 Å². The Morgan fingerprint density at radius 3 is 2.75 bits per heavy atom. The third-order valence-electron chi connectivity index (χ3n) is 5.86. The molecule has 7 nitrogen and oxygen atoms in total. The molecule has 28 heavy (non-hydrogen) atoms. The van der Waals surface area contributed by atoms with Crippen molar-refractivity contribution in [3.63, 3.8) is 0 Å². The number of hydrogen-bond acceptors (Lipinski definition) is 5. The number of carbonyl (C=O) groups excluding carboxylic acids is 2. The fraction of sp³-hybridized carbons (Fsp3) is 0.619. The number of nitrogens with zero attached hydrogens (tertiary/aromatic N) is 2. The number of rotatable bonds is 7. The van der Waals surface area contributed by atoms with Gasteiger partial charge in [-0.1, -0.05) is 25.8 Å². The normalized spacial score (nSPS) is 24.8. The van der Waals surface area contributed by atoms with Crippen LogP contribution in [0.15, 0.2) is 18.2 Å². The third kappa shape index (κ3) is 3.81. The van der Waals surface area contributed by atoms with Gasteiger partial charge in [-0.3, -0.25) is 9.69 Å². The van der Waals surface area contributed by atoms with Crippen LogP contribution in [-0.4, -0.2) is 54.7 Å². The average molecular weight is 389 g/mol. The lowest BCUT2D eigenvalue weighted by molar-refractivity contribution is -0.135. The van der Waals surface area contributed by atoms with Gasteiger partial charge in [0.1, 0.15) is 5.54 Å². The van der Waals surface area contributed by atoms with Gasteiger partial charge in [0.15, 0.2) is 11.5 Å². The highest BCUT2D eigenvalue weighted by Gasteiger charge is 2.54. The highest BCUT2D eigenvalue weighted by molar-refractivity contribution is 6.07. The second-order valence-electron chi connectivity index (χ2n) is 7.86. The molecular weight excluding hydrogens is 358 g/mol. The summed E-state index contributed by atoms with van der Waals surface area (Å²) in [6, 6.07) is 5.51. The summed E-state index contributed by atoms with van der Waals surface area (Å²) in [6.45, 7) is 5.41. The Balaban J connectivity index is 1.67. The first-order valence-electron chi connectivity index (χ1n) is 10.0. The number of ether oxygens (including phenoxy) is 2. The lowest BCUT2D eigenvalue weighted by Crippen LogP contribution is -2.54. The second-order valence-corrected chi connectivity index (χ2v) is 7.86. The zero-order chi connectivity index (χ0) is 20.3. The first-order chi connectivity index (χ1) is 13.4. The topological polar surface area (TPSA) is 71.1 Å². The largest absolute Gasteiger partial charge is 0.493 e. The van der Waals surface area contributed by atoms with Gasteiger partial charge in [0.2, 0.25) is 0 Å². The molecule has 7 heteroatoms. The standard InChI is InChI=1S/C21H31N3O4/c1-5-28-17-10-9-16(12-18(17)27-4)13-23(3)14-24-19(25)21(22-20(24)26)11-7-6-8-15(21)2/h9-10,12,15H,5-8,11,13-14H2,1-4H3,(H,22,26)/t15-,21+/m0/s1. The van der Waals surface area contributed by atoms with Crippen molar-refractivity contribution in [3.8, 4) is 11.5 Å². The van der Waals surface area contributed by atoms with Gasteiger partial charge in [0.25, 0.3) is 5.91 Å². The number of benzene rings is 1. The van der Waals surface area contributed by atoms with Crippen LogP contribution in [0.5, 0.6) is 11.5 Å². The van der Waals surface area contributed by atoms with Crippen molar-refractivity contribution in [1.82, 2.24) is 15.1 Å². The molecule has 0 unspecified atom stereocenters. The summed E-state index contributed by atoms with van der Waals surface area (Å²) in [7, 11) is 3.52. The maximum Gasteiger partial charge on any atom is 0.326 e. The van der Waals surface area contributed by atoms with Gasteiger partial charge in [0.05, 0.1) is 20.4 Å². The van der Waals surface area contributed by atoms with Crippen molar-refractivity contribution >= 4 is 11.9 Å². The van der Waals surface area contributed by atoms with E-state index >= 15 is 0 Å². The van der Waals surface area contributed by atoms with E-state index in [9.17, 15) is 9.59 Å². The predicted molar refractivity (Wildman–Crippen MR) is 106 cm³/mol. The van der Waals surface area contributed by atoms with Gasteiger partial charge in [-0.2, -0.15) is 0 Å². The Morgan fingerprint density at radius 1 is 1.29 bits per heavy atom. The lowest BCUT2D eigenvalue weighted by atomic mass is 9.73. The molecule has 3 amide bonds. The highest BCUT2D eigenvalue weighted by atomic mass is 16.5. The molecule has 1 saturated heterocycles. The van der Waals surface area contributed by atoms with Crippen LogP contribution < -0.4 is 14.8 Å². The summed E-state index contributed by atoms with van der Waals surface area (Å²) < 4.78 is 11.0. The zero-order valence-electron chi connectivity index (χ0n) is 17.3. The van der Waals surface area contributed by atoms with Crippen LogP contribution in [-0.2, 0) is 11.3 Å². The van der Waals surface area contributed by atoms with Crippen LogP contribution in [0.25, 0.3) is 0 Å². The molecule has 1 aromatic carbocycles. The van der Waals surface area contributed by atoms with Crippen molar-refractivity contribution in [2.75, 3.05) is 27.4 Å². The molecule has 3 rings (SSSR count).